The molecule has 2 aromatic carbocycles. The van der Waals surface area contributed by atoms with Crippen molar-refractivity contribution in [3.05, 3.63) is 77.6 Å². The van der Waals surface area contributed by atoms with E-state index in [9.17, 15) is 22.4 Å². The van der Waals surface area contributed by atoms with Crippen LogP contribution >= 0.6 is 0 Å². The molecule has 54 heavy (non-hydrogen) atoms. The summed E-state index contributed by atoms with van der Waals surface area (Å²) in [5, 5.41) is 2.83. The summed E-state index contributed by atoms with van der Waals surface area (Å²) in [7, 11) is -2.54. The zero-order chi connectivity index (χ0) is 38.0. The largest absolute Gasteiger partial charge is 0.468 e. The van der Waals surface area contributed by atoms with Crippen molar-refractivity contribution < 1.29 is 35.9 Å². The fourth-order valence-electron chi connectivity index (χ4n) is 7.57. The van der Waals surface area contributed by atoms with E-state index in [1.165, 1.54) is 13.3 Å². The molecule has 0 bridgehead atoms. The number of H-pyrrole nitrogens is 1. The van der Waals surface area contributed by atoms with Gasteiger partial charge in [0, 0.05) is 80.4 Å². The Morgan fingerprint density at radius 3 is 2.37 bits per heavy atom. The number of carbonyl (C=O) groups is 2. The number of piperidine rings is 1. The van der Waals surface area contributed by atoms with Crippen molar-refractivity contribution in [1.82, 2.24) is 24.1 Å². The first kappa shape index (κ1) is 37.8. The molecule has 12 nitrogen and oxygen atoms in total. The smallest absolute Gasteiger partial charge is 0.319 e. The lowest BCUT2D eigenvalue weighted by Gasteiger charge is -2.39. The third-order valence-electron chi connectivity index (χ3n) is 10.8. The number of anilines is 2. The van der Waals surface area contributed by atoms with E-state index in [2.05, 4.69) is 42.1 Å². The molecule has 0 aliphatic carbocycles. The molecular formula is C38H44F3N7O5S. The second-order valence-electron chi connectivity index (χ2n) is 14.2. The molecule has 0 spiro atoms. The Bertz CT molecular complexity index is 2100. The van der Waals surface area contributed by atoms with Crippen molar-refractivity contribution in [3.63, 3.8) is 0 Å². The molecule has 0 unspecified atom stereocenters. The number of methoxy groups -OCH3 is 1. The van der Waals surface area contributed by atoms with Crippen LogP contribution in [0.5, 0.6) is 0 Å². The number of aromatic nitrogens is 2. The van der Waals surface area contributed by atoms with Crippen molar-refractivity contribution >= 4 is 44.2 Å². The molecular weight excluding hydrogens is 724 g/mol. The zero-order valence-electron chi connectivity index (χ0n) is 30.1. The number of rotatable bonds is 12. The van der Waals surface area contributed by atoms with Crippen molar-refractivity contribution in [1.29, 1.82) is 0 Å². The van der Waals surface area contributed by atoms with Crippen LogP contribution in [0.1, 0.15) is 35.2 Å². The van der Waals surface area contributed by atoms with Crippen molar-refractivity contribution in [2.24, 2.45) is 5.92 Å². The van der Waals surface area contributed by atoms with Gasteiger partial charge in [-0.15, -0.1) is 0 Å². The second kappa shape index (κ2) is 16.1. The van der Waals surface area contributed by atoms with Gasteiger partial charge in [-0.1, -0.05) is 12.1 Å². The number of sulfonamides is 1. The lowest BCUT2D eigenvalue weighted by molar-refractivity contribution is -0.142. The standard InChI is InChI=1S/C38H44F3N7O5S/c1-53-34(49)23-45-11-8-25(9-12-45)21-46-14-16-47(17-15-46)29-4-2-26(3-5-29)27-18-30-31(20-43-38(30)42-19-27)37(50)35-32(40)6-7-33(36(35)41)44-24-54(51,52)48-13-10-28(39)22-48/h2-7,18-20,25,28,44H,8-17,21-24H2,1H3,(H,42,43)/t28-/m1/s1. The molecule has 3 saturated heterocycles. The number of esters is 1. The average molecular weight is 768 g/mol. The highest BCUT2D eigenvalue weighted by Crippen LogP contribution is 2.31. The van der Waals surface area contributed by atoms with E-state index in [1.807, 2.05) is 12.1 Å². The first-order valence-corrected chi connectivity index (χ1v) is 19.8. The van der Waals surface area contributed by atoms with Crippen LogP contribution in [0.15, 0.2) is 54.9 Å². The van der Waals surface area contributed by atoms with Gasteiger partial charge < -0.3 is 19.9 Å². The van der Waals surface area contributed by atoms with Crippen LogP contribution in [-0.4, -0.2) is 129 Å². The minimum Gasteiger partial charge on any atom is -0.468 e. The molecule has 0 saturated carbocycles. The number of fused-ring (bicyclic) bond motifs is 1. The first-order chi connectivity index (χ1) is 26.0. The quantitative estimate of drug-likeness (QED) is 0.157. The zero-order valence-corrected chi connectivity index (χ0v) is 30.9. The van der Waals surface area contributed by atoms with Crippen LogP contribution in [0.3, 0.4) is 0 Å². The van der Waals surface area contributed by atoms with Gasteiger partial charge in [0.2, 0.25) is 15.8 Å². The highest BCUT2D eigenvalue weighted by Gasteiger charge is 2.32. The number of halogens is 3. The number of ether oxygens (including phenoxy) is 1. The fourth-order valence-corrected chi connectivity index (χ4v) is 8.87. The number of hydrogen-bond acceptors (Lipinski definition) is 10. The number of alkyl halides is 1. The first-order valence-electron chi connectivity index (χ1n) is 18.2. The number of pyridine rings is 1. The van der Waals surface area contributed by atoms with Crippen molar-refractivity contribution in [2.75, 3.05) is 88.7 Å². The Hall–Kier alpha value is -4.51. The number of hydrogen-bond donors (Lipinski definition) is 2. The van der Waals surface area contributed by atoms with Gasteiger partial charge in [0.25, 0.3) is 0 Å². The predicted molar refractivity (Wildman–Crippen MR) is 200 cm³/mol. The lowest BCUT2D eigenvalue weighted by atomic mass is 9.96. The summed E-state index contributed by atoms with van der Waals surface area (Å²) in [5.41, 5.74) is 1.83. The Labute approximate surface area is 312 Å². The van der Waals surface area contributed by atoms with Crippen LogP contribution in [0.2, 0.25) is 0 Å². The molecule has 16 heteroatoms. The van der Waals surface area contributed by atoms with E-state index in [0.29, 0.717) is 29.1 Å². The molecule has 288 valence electrons. The lowest BCUT2D eigenvalue weighted by Crippen LogP contribution is -2.49. The van der Waals surface area contributed by atoms with Gasteiger partial charge in [-0.2, -0.15) is 4.31 Å². The Balaban J connectivity index is 0.985. The second-order valence-corrected chi connectivity index (χ2v) is 16.2. The van der Waals surface area contributed by atoms with E-state index in [0.717, 1.165) is 86.3 Å². The number of aromatic amines is 1. The van der Waals surface area contributed by atoms with Gasteiger partial charge in [0.15, 0.2) is 5.82 Å². The number of benzene rings is 2. The number of nitrogens with zero attached hydrogens (tertiary/aromatic N) is 5. The number of nitrogens with one attached hydrogen (secondary N) is 2. The third-order valence-corrected chi connectivity index (χ3v) is 12.4. The van der Waals surface area contributed by atoms with Gasteiger partial charge in [-0.25, -0.2) is 26.6 Å². The van der Waals surface area contributed by atoms with E-state index < -0.39 is 45.1 Å². The molecule has 7 rings (SSSR count). The van der Waals surface area contributed by atoms with Gasteiger partial charge in [-0.05, 0) is 74.2 Å². The highest BCUT2D eigenvalue weighted by atomic mass is 32.2. The highest BCUT2D eigenvalue weighted by molar-refractivity contribution is 7.89. The minimum absolute atomic E-state index is 0.00853. The molecule has 3 fully saturated rings. The number of ketones is 1. The summed E-state index contributed by atoms with van der Waals surface area (Å²) in [6, 6.07) is 11.8. The normalized spacial score (nSPS) is 19.4. The fraction of sp³-hybridized carbons (Fsp3) is 0.447. The number of likely N-dealkylation sites (tertiary alicyclic amines) is 1. The topological polar surface area (TPSA) is 131 Å². The van der Waals surface area contributed by atoms with Crippen LogP contribution in [0.25, 0.3) is 22.2 Å². The molecule has 0 radical (unpaired) electrons. The monoisotopic (exact) mass is 767 g/mol. The SMILES string of the molecule is COC(=O)CN1CCC(CN2CCN(c3ccc(-c4cnc5[nH]cc(C(=O)c6c(F)ccc(NCS(=O)(=O)N7CC[C@@H](F)C7)c6F)c5c4)cc3)CC2)CC1. The molecule has 2 N–H and O–H groups in total. The molecule has 5 heterocycles. The van der Waals surface area contributed by atoms with E-state index in [-0.39, 0.29) is 36.7 Å². The average Bonchev–Trinajstić information content (AvgIpc) is 3.82. The van der Waals surface area contributed by atoms with Gasteiger partial charge >= 0.3 is 5.97 Å². The van der Waals surface area contributed by atoms with Crippen molar-refractivity contribution in [2.45, 2.75) is 25.4 Å². The maximum absolute atomic E-state index is 15.7. The van der Waals surface area contributed by atoms with Crippen LogP contribution in [0.4, 0.5) is 24.5 Å². The maximum Gasteiger partial charge on any atom is 0.319 e. The summed E-state index contributed by atoms with van der Waals surface area (Å²) in [4.78, 5) is 39.7. The molecule has 3 aliphatic rings. The third kappa shape index (κ3) is 8.26. The Kier molecular flexibility index (Phi) is 11.2. The van der Waals surface area contributed by atoms with Gasteiger partial charge in [-0.3, -0.25) is 19.4 Å². The van der Waals surface area contributed by atoms with E-state index >= 15 is 8.78 Å². The van der Waals surface area contributed by atoms with Crippen LogP contribution in [-0.2, 0) is 19.6 Å². The van der Waals surface area contributed by atoms with E-state index in [4.69, 9.17) is 4.74 Å². The number of carbonyl (C=O) groups excluding carboxylic acids is 2. The molecule has 2 aromatic heterocycles. The molecule has 1 atom stereocenters. The van der Waals surface area contributed by atoms with Crippen molar-refractivity contribution in [3.8, 4) is 11.1 Å². The summed E-state index contributed by atoms with van der Waals surface area (Å²) in [6.07, 6.45) is 3.99. The van der Waals surface area contributed by atoms with E-state index in [1.54, 1.807) is 12.3 Å². The van der Waals surface area contributed by atoms with Crippen LogP contribution < -0.4 is 10.2 Å². The number of piperazine rings is 1. The summed E-state index contributed by atoms with van der Waals surface area (Å²) >= 11 is 0. The Morgan fingerprint density at radius 2 is 1.69 bits per heavy atom. The molecule has 4 aromatic rings. The maximum atomic E-state index is 15.7. The molecule has 3 aliphatic heterocycles. The minimum atomic E-state index is -3.97. The summed E-state index contributed by atoms with van der Waals surface area (Å²) in [6.45, 7) is 6.73. The van der Waals surface area contributed by atoms with Gasteiger partial charge in [0.05, 0.1) is 24.9 Å². The van der Waals surface area contributed by atoms with Gasteiger partial charge in [0.1, 0.15) is 23.5 Å². The Morgan fingerprint density at radius 1 is 0.944 bits per heavy atom. The summed E-state index contributed by atoms with van der Waals surface area (Å²) < 4.78 is 75.4. The predicted octanol–water partition coefficient (Wildman–Crippen LogP) is 4.49. The molecule has 0 amide bonds. The summed E-state index contributed by atoms with van der Waals surface area (Å²) in [5.74, 6) is -3.57. The van der Waals surface area contributed by atoms with Crippen LogP contribution in [0, 0.1) is 17.6 Å².